The molecule has 1 fully saturated rings. The van der Waals surface area contributed by atoms with Gasteiger partial charge in [0, 0.05) is 16.7 Å². The molecule has 0 bridgehead atoms. The quantitative estimate of drug-likeness (QED) is 0.372. The van der Waals surface area contributed by atoms with Gasteiger partial charge in [-0.1, -0.05) is 67.5 Å². The molecule has 174 valence electrons. The number of benzene rings is 2. The van der Waals surface area contributed by atoms with Crippen molar-refractivity contribution in [2.75, 3.05) is 0 Å². The van der Waals surface area contributed by atoms with Gasteiger partial charge in [-0.3, -0.25) is 9.48 Å². The van der Waals surface area contributed by atoms with Crippen LogP contribution in [0.4, 0.5) is 0 Å². The summed E-state index contributed by atoms with van der Waals surface area (Å²) < 4.78 is 7.43. The number of aliphatic carboxylic acids is 1. The lowest BCUT2D eigenvalue weighted by Crippen LogP contribution is -2.13. The van der Waals surface area contributed by atoms with Gasteiger partial charge >= 0.3 is 5.97 Å². The summed E-state index contributed by atoms with van der Waals surface area (Å²) in [5.74, 6) is 0.648. The maximum atomic E-state index is 11.3. The smallest absolute Gasteiger partial charge is 0.304 e. The Bertz CT molecular complexity index is 1330. The Morgan fingerprint density at radius 2 is 1.91 bits per heavy atom. The van der Waals surface area contributed by atoms with E-state index in [-0.39, 0.29) is 11.8 Å². The van der Waals surface area contributed by atoms with Crippen LogP contribution in [0.15, 0.2) is 59.1 Å². The van der Waals surface area contributed by atoms with Crippen LogP contribution in [0.25, 0.3) is 23.0 Å². The van der Waals surface area contributed by atoms with Crippen molar-refractivity contribution in [3.8, 4) is 23.0 Å². The van der Waals surface area contributed by atoms with Gasteiger partial charge in [-0.05, 0) is 48.4 Å². The summed E-state index contributed by atoms with van der Waals surface area (Å²) in [6.07, 6.45) is 2.03. The largest absolute Gasteiger partial charge is 0.481 e. The van der Waals surface area contributed by atoms with Gasteiger partial charge in [0.05, 0.1) is 13.0 Å². The third-order valence-corrected chi connectivity index (χ3v) is 6.68. The van der Waals surface area contributed by atoms with Crippen LogP contribution in [-0.4, -0.2) is 31.0 Å². The van der Waals surface area contributed by atoms with Crippen molar-refractivity contribution in [1.29, 1.82) is 0 Å². The molecule has 0 radical (unpaired) electrons. The average molecular weight is 457 g/mol. The Balaban J connectivity index is 1.35. The lowest BCUT2D eigenvalue weighted by molar-refractivity contribution is -0.137. The fourth-order valence-electron chi connectivity index (χ4n) is 4.42. The van der Waals surface area contributed by atoms with Crippen LogP contribution < -0.4 is 0 Å². The molecule has 4 aromatic rings. The van der Waals surface area contributed by atoms with Crippen LogP contribution in [0.5, 0.6) is 0 Å². The molecule has 0 saturated heterocycles. The first-order chi connectivity index (χ1) is 16.3. The number of hydrogen-bond acceptors (Lipinski definition) is 5. The van der Waals surface area contributed by atoms with Crippen LogP contribution in [0.3, 0.4) is 0 Å². The van der Waals surface area contributed by atoms with Gasteiger partial charge in [0.15, 0.2) is 5.69 Å². The van der Waals surface area contributed by atoms with Gasteiger partial charge in [-0.15, -0.1) is 0 Å². The predicted octanol–water partition coefficient (Wildman–Crippen LogP) is 5.59. The van der Waals surface area contributed by atoms with Crippen molar-refractivity contribution in [3.05, 3.63) is 77.0 Å². The van der Waals surface area contributed by atoms with Gasteiger partial charge in [0.2, 0.25) is 5.82 Å². The lowest BCUT2D eigenvalue weighted by atomic mass is 9.91. The summed E-state index contributed by atoms with van der Waals surface area (Å²) in [6, 6.07) is 18.3. The molecule has 0 unspecified atom stereocenters. The summed E-state index contributed by atoms with van der Waals surface area (Å²) >= 11 is 0. The minimum Gasteiger partial charge on any atom is -0.481 e. The minimum absolute atomic E-state index is 0.182. The molecule has 2 aromatic heterocycles. The van der Waals surface area contributed by atoms with Crippen LogP contribution in [-0.2, 0) is 16.8 Å². The van der Waals surface area contributed by atoms with Crippen molar-refractivity contribution < 1.29 is 14.4 Å². The summed E-state index contributed by atoms with van der Waals surface area (Å²) in [4.78, 5) is 15.8. The Hall–Kier alpha value is -3.74. The summed E-state index contributed by atoms with van der Waals surface area (Å²) in [6.45, 7) is 6.91. The zero-order valence-corrected chi connectivity index (χ0v) is 19.7. The van der Waals surface area contributed by atoms with E-state index in [2.05, 4.69) is 42.2 Å². The first-order valence-corrected chi connectivity index (χ1v) is 11.6. The number of carbonyl (C=O) groups is 1. The van der Waals surface area contributed by atoms with Crippen LogP contribution in [0, 0.1) is 6.92 Å². The number of aromatic nitrogens is 4. The first-order valence-electron chi connectivity index (χ1n) is 11.6. The third kappa shape index (κ3) is 4.38. The van der Waals surface area contributed by atoms with E-state index in [0.29, 0.717) is 29.9 Å². The average Bonchev–Trinajstić information content (AvgIpc) is 3.25. The fraction of sp³-hybridized carbons (Fsp3) is 0.333. The van der Waals surface area contributed by atoms with Crippen LogP contribution in [0.2, 0.25) is 0 Å². The second-order valence-electron chi connectivity index (χ2n) is 9.58. The van der Waals surface area contributed by atoms with Gasteiger partial charge in [0.25, 0.3) is 5.89 Å². The van der Waals surface area contributed by atoms with Crippen molar-refractivity contribution in [2.45, 2.75) is 57.9 Å². The molecule has 0 spiro atoms. The lowest BCUT2D eigenvalue weighted by Gasteiger charge is -2.14. The highest BCUT2D eigenvalue weighted by atomic mass is 16.5. The second kappa shape index (κ2) is 8.56. The molecule has 7 nitrogen and oxygen atoms in total. The van der Waals surface area contributed by atoms with E-state index in [9.17, 15) is 9.90 Å². The zero-order valence-electron chi connectivity index (χ0n) is 19.7. The standard InChI is InChI=1S/C27H28N4O3/c1-17(2)20-7-9-21(10-8-20)25-28-26(34-30-25)23-13-18(3)31(29-23)16-19-5-4-6-22(14-19)27(11-12-27)15-24(32)33/h4-10,13-14,17H,11-12,15-16H2,1-3H3,(H,32,33). The Labute approximate surface area is 198 Å². The molecule has 1 aliphatic rings. The molecule has 7 heteroatoms. The van der Waals surface area contributed by atoms with E-state index in [4.69, 9.17) is 9.62 Å². The van der Waals surface area contributed by atoms with E-state index in [0.717, 1.165) is 35.2 Å². The SMILES string of the molecule is Cc1cc(-c2nc(-c3ccc(C(C)C)cc3)no2)nn1Cc1cccc(C2(CC(=O)O)CC2)c1. The first kappa shape index (κ1) is 22.1. The Morgan fingerprint density at radius 1 is 1.15 bits per heavy atom. The maximum absolute atomic E-state index is 11.3. The zero-order chi connectivity index (χ0) is 23.9. The monoisotopic (exact) mass is 456 g/mol. The highest BCUT2D eigenvalue weighted by Gasteiger charge is 2.45. The van der Waals surface area contributed by atoms with E-state index >= 15 is 0 Å². The molecule has 0 atom stereocenters. The van der Waals surface area contributed by atoms with Gasteiger partial charge < -0.3 is 9.63 Å². The van der Waals surface area contributed by atoms with E-state index in [1.807, 2.05) is 48.0 Å². The molecule has 0 aliphatic heterocycles. The molecule has 0 amide bonds. The topological polar surface area (TPSA) is 94.0 Å². The molecule has 5 rings (SSSR count). The molecular formula is C27H28N4O3. The number of hydrogen-bond donors (Lipinski definition) is 1. The highest BCUT2D eigenvalue weighted by molar-refractivity contribution is 5.70. The summed E-state index contributed by atoms with van der Waals surface area (Å²) in [7, 11) is 0. The van der Waals surface area contributed by atoms with Crippen molar-refractivity contribution in [1.82, 2.24) is 19.9 Å². The van der Waals surface area contributed by atoms with Crippen LogP contribution >= 0.6 is 0 Å². The maximum Gasteiger partial charge on any atom is 0.304 e. The number of carboxylic acid groups (broad SMARTS) is 1. The van der Waals surface area contributed by atoms with Crippen molar-refractivity contribution in [2.24, 2.45) is 0 Å². The Kier molecular flexibility index (Phi) is 5.55. The minimum atomic E-state index is -0.745. The second-order valence-corrected chi connectivity index (χ2v) is 9.58. The number of aryl methyl sites for hydroxylation is 1. The molecular weight excluding hydrogens is 428 g/mol. The van der Waals surface area contributed by atoms with Crippen LogP contribution in [0.1, 0.15) is 61.4 Å². The molecule has 1 saturated carbocycles. The predicted molar refractivity (Wildman–Crippen MR) is 128 cm³/mol. The van der Waals surface area contributed by atoms with Gasteiger partial charge in [-0.25, -0.2) is 0 Å². The molecule has 2 heterocycles. The highest BCUT2D eigenvalue weighted by Crippen LogP contribution is 2.51. The molecule has 1 aliphatic carbocycles. The number of rotatable bonds is 8. The fourth-order valence-corrected chi connectivity index (χ4v) is 4.42. The molecule has 34 heavy (non-hydrogen) atoms. The Morgan fingerprint density at radius 3 is 2.59 bits per heavy atom. The summed E-state index contributed by atoms with van der Waals surface area (Å²) in [5.41, 5.74) is 5.76. The third-order valence-electron chi connectivity index (χ3n) is 6.68. The normalized spacial score (nSPS) is 14.5. The van der Waals surface area contributed by atoms with Gasteiger partial charge in [-0.2, -0.15) is 10.1 Å². The molecule has 1 N–H and O–H groups in total. The summed E-state index contributed by atoms with van der Waals surface area (Å²) in [5, 5.41) is 18.1. The number of nitrogens with zero attached hydrogens (tertiary/aromatic N) is 4. The van der Waals surface area contributed by atoms with Gasteiger partial charge in [0.1, 0.15) is 0 Å². The molecule has 2 aromatic carbocycles. The van der Waals surface area contributed by atoms with Crippen molar-refractivity contribution >= 4 is 5.97 Å². The van der Waals surface area contributed by atoms with E-state index in [1.165, 1.54) is 5.56 Å². The number of carboxylic acids is 1. The van der Waals surface area contributed by atoms with E-state index < -0.39 is 5.97 Å². The van der Waals surface area contributed by atoms with Crippen molar-refractivity contribution in [3.63, 3.8) is 0 Å². The van der Waals surface area contributed by atoms with E-state index in [1.54, 1.807) is 0 Å².